The number of anilines is 1. The minimum absolute atomic E-state index is 0.0466. The smallest absolute Gasteiger partial charge is 0.246 e. The zero-order valence-electron chi connectivity index (χ0n) is 29.0. The van der Waals surface area contributed by atoms with Gasteiger partial charge in [0.1, 0.15) is 18.0 Å². The van der Waals surface area contributed by atoms with E-state index in [0.29, 0.717) is 48.2 Å². The number of carbonyl (C=O) groups excluding carboxylic acids is 1. The molecule has 3 aliphatic rings. The second kappa shape index (κ2) is 12.3. The highest BCUT2D eigenvalue weighted by Crippen LogP contribution is 2.44. The van der Waals surface area contributed by atoms with Gasteiger partial charge in [0.2, 0.25) is 5.91 Å². The van der Waals surface area contributed by atoms with E-state index in [1.165, 1.54) is 12.2 Å². The number of nitriles is 1. The third-order valence-corrected chi connectivity index (χ3v) is 11.1. The van der Waals surface area contributed by atoms with Crippen LogP contribution in [0.25, 0.3) is 32.9 Å². The molecule has 0 aliphatic carbocycles. The van der Waals surface area contributed by atoms with Crippen LogP contribution in [0, 0.1) is 37.9 Å². The molecule has 9 nitrogen and oxygen atoms in total. The number of likely N-dealkylation sites (N-methyl/N-ethyl adjacent to an activating group) is 1. The van der Waals surface area contributed by atoms with Crippen LogP contribution in [0.2, 0.25) is 0 Å². The van der Waals surface area contributed by atoms with Crippen LogP contribution in [-0.4, -0.2) is 88.7 Å². The van der Waals surface area contributed by atoms with Crippen molar-refractivity contribution in [1.29, 1.82) is 5.26 Å². The lowest BCUT2D eigenvalue weighted by Gasteiger charge is -2.52. The molecule has 2 atom stereocenters. The van der Waals surface area contributed by atoms with Gasteiger partial charge in [-0.15, -0.1) is 0 Å². The van der Waals surface area contributed by atoms with Gasteiger partial charge in [0.25, 0.3) is 0 Å². The monoisotopic (exact) mass is 664 g/mol. The molecule has 11 heteroatoms. The summed E-state index contributed by atoms with van der Waals surface area (Å²) in [6.45, 7) is 9.99. The molecule has 0 unspecified atom stereocenters. The maximum Gasteiger partial charge on any atom is 0.246 e. The first kappa shape index (κ1) is 32.8. The minimum Gasteiger partial charge on any atom is -0.352 e. The Kier molecular flexibility index (Phi) is 8.26. The molecule has 0 N–H and O–H groups in total. The number of amides is 1. The van der Waals surface area contributed by atoms with E-state index >= 15 is 4.39 Å². The van der Waals surface area contributed by atoms with Gasteiger partial charge in [0.15, 0.2) is 5.82 Å². The van der Waals surface area contributed by atoms with E-state index < -0.39 is 6.67 Å². The third kappa shape index (κ3) is 5.28. The second-order valence-corrected chi connectivity index (χ2v) is 14.3. The lowest BCUT2D eigenvalue weighted by atomic mass is 9.86. The van der Waals surface area contributed by atoms with Crippen LogP contribution in [-0.2, 0) is 11.3 Å². The molecule has 0 spiro atoms. The molecule has 2 saturated heterocycles. The van der Waals surface area contributed by atoms with Crippen LogP contribution in [0.1, 0.15) is 60.0 Å². The van der Waals surface area contributed by atoms with E-state index in [4.69, 9.17) is 10.1 Å². The number of benzene rings is 2. The van der Waals surface area contributed by atoms with Gasteiger partial charge in [-0.05, 0) is 94.6 Å². The van der Waals surface area contributed by atoms with Crippen molar-refractivity contribution in [2.45, 2.75) is 71.1 Å². The highest BCUT2D eigenvalue weighted by molar-refractivity contribution is 6.10. The summed E-state index contributed by atoms with van der Waals surface area (Å²) in [7, 11) is 4.14. The maximum absolute atomic E-state index is 17.4. The number of rotatable bonds is 7. The number of nitrogens with zero attached hydrogens (tertiary/aromatic N) is 8. The first-order chi connectivity index (χ1) is 23.5. The van der Waals surface area contributed by atoms with E-state index in [9.17, 15) is 14.4 Å². The Morgan fingerprint density at radius 1 is 1.16 bits per heavy atom. The molecule has 3 aliphatic heterocycles. The van der Waals surface area contributed by atoms with Gasteiger partial charge < -0.3 is 14.7 Å². The summed E-state index contributed by atoms with van der Waals surface area (Å²) >= 11 is 0. The molecule has 0 saturated carbocycles. The topological polar surface area (TPSA) is 93.7 Å². The summed E-state index contributed by atoms with van der Waals surface area (Å²) in [5.41, 5.74) is 7.45. The average Bonchev–Trinajstić information content (AvgIpc) is 3.71. The quantitative estimate of drug-likeness (QED) is 0.214. The number of likely N-dealkylation sites (tertiary alicyclic amines) is 1. The fourth-order valence-electron chi connectivity index (χ4n) is 7.98. The Labute approximate surface area is 285 Å². The zero-order valence-corrected chi connectivity index (χ0v) is 29.0. The fourth-order valence-corrected chi connectivity index (χ4v) is 7.98. The van der Waals surface area contributed by atoms with Gasteiger partial charge in [-0.2, -0.15) is 10.4 Å². The lowest BCUT2D eigenvalue weighted by Crippen LogP contribution is -2.67. The standard InChI is InChI=1S/C38H42F2N8O/c1-22-14-25-17-42-18-29(25)33(24(22)3)32-23(2)15-28-35(34(32)40)44-37(46-20-38(4,21-46)45(5)6)30-19-43-48(36(28)30)27-10-13-47(26(16-27)9-12-41)31(49)8-7-11-39/h7-8,14-15,18-19,26-27H,9-11,13,16-17,20-21H2,1-6H3/b8-7+/t26-,27+/m1/s1. The predicted molar refractivity (Wildman–Crippen MR) is 189 cm³/mol. The Morgan fingerprint density at radius 2 is 1.94 bits per heavy atom. The summed E-state index contributed by atoms with van der Waals surface area (Å²) in [5.74, 6) is 0.0426. The highest BCUT2D eigenvalue weighted by atomic mass is 19.1. The zero-order chi connectivity index (χ0) is 34.8. The molecular weight excluding hydrogens is 622 g/mol. The van der Waals surface area contributed by atoms with Crippen LogP contribution in [0.3, 0.4) is 0 Å². The summed E-state index contributed by atoms with van der Waals surface area (Å²) in [6, 6.07) is 5.91. The average molecular weight is 665 g/mol. The SMILES string of the molecule is Cc1cc2c(c(-c3c(C)cc4c(nc(N5CC(C)(N(C)C)C5)c5cnn([C@H]6CCN(C(=O)/C=C/CF)[C@H](CC#N)C6)c54)c3F)c1C)C=NC2. The van der Waals surface area contributed by atoms with Gasteiger partial charge >= 0.3 is 0 Å². The lowest BCUT2D eigenvalue weighted by molar-refractivity contribution is -0.130. The number of alkyl halides is 1. The van der Waals surface area contributed by atoms with Gasteiger partial charge in [-0.1, -0.05) is 6.07 Å². The Hall–Kier alpha value is -4.69. The number of aliphatic imine (C=N–C) groups is 1. The van der Waals surface area contributed by atoms with Crippen molar-refractivity contribution in [3.05, 3.63) is 64.1 Å². The summed E-state index contributed by atoms with van der Waals surface area (Å²) < 4.78 is 32.1. The maximum atomic E-state index is 17.4. The van der Waals surface area contributed by atoms with Gasteiger partial charge in [0.05, 0.1) is 47.7 Å². The molecule has 2 aromatic carbocycles. The van der Waals surface area contributed by atoms with Crippen molar-refractivity contribution in [1.82, 2.24) is 24.6 Å². The number of carbonyl (C=O) groups is 1. The largest absolute Gasteiger partial charge is 0.352 e. The molecule has 5 heterocycles. The van der Waals surface area contributed by atoms with E-state index in [1.54, 1.807) is 4.90 Å². The number of hydrogen-bond acceptors (Lipinski definition) is 7. The number of halogens is 2. The van der Waals surface area contributed by atoms with Crippen LogP contribution in [0.4, 0.5) is 14.6 Å². The van der Waals surface area contributed by atoms with Gasteiger partial charge in [-0.25, -0.2) is 13.8 Å². The van der Waals surface area contributed by atoms with E-state index in [0.717, 1.165) is 57.4 Å². The molecule has 4 aromatic rings. The van der Waals surface area contributed by atoms with E-state index in [1.807, 2.05) is 37.0 Å². The first-order valence-corrected chi connectivity index (χ1v) is 16.9. The number of hydrogen-bond donors (Lipinski definition) is 0. The van der Waals surface area contributed by atoms with Crippen LogP contribution in [0.15, 0.2) is 35.5 Å². The molecule has 2 aromatic heterocycles. The number of fused-ring (bicyclic) bond motifs is 4. The molecule has 2 fully saturated rings. The molecule has 49 heavy (non-hydrogen) atoms. The fraction of sp³-hybridized carbons (Fsp3) is 0.447. The third-order valence-electron chi connectivity index (χ3n) is 11.1. The van der Waals surface area contributed by atoms with Crippen molar-refractivity contribution in [2.24, 2.45) is 4.99 Å². The highest BCUT2D eigenvalue weighted by Gasteiger charge is 2.43. The molecule has 0 radical (unpaired) electrons. The number of allylic oxidation sites excluding steroid dienone is 1. The van der Waals surface area contributed by atoms with Crippen LogP contribution in [0.5, 0.6) is 0 Å². The molecule has 254 valence electrons. The number of piperidine rings is 1. The van der Waals surface area contributed by atoms with E-state index in [-0.39, 0.29) is 35.8 Å². The van der Waals surface area contributed by atoms with Crippen molar-refractivity contribution < 1.29 is 13.6 Å². The van der Waals surface area contributed by atoms with Crippen molar-refractivity contribution in [2.75, 3.05) is 45.3 Å². The van der Waals surface area contributed by atoms with Crippen LogP contribution < -0.4 is 4.90 Å². The number of aryl methyl sites for hydroxylation is 2. The Bertz CT molecular complexity index is 2100. The molecular formula is C38H42F2N8O. The predicted octanol–water partition coefficient (Wildman–Crippen LogP) is 6.36. The van der Waals surface area contributed by atoms with Crippen molar-refractivity contribution in [3.63, 3.8) is 0 Å². The van der Waals surface area contributed by atoms with Crippen LogP contribution >= 0.6 is 0 Å². The summed E-state index contributed by atoms with van der Waals surface area (Å²) in [4.78, 5) is 28.6. The Morgan fingerprint density at radius 3 is 2.65 bits per heavy atom. The minimum atomic E-state index is -0.726. The van der Waals surface area contributed by atoms with E-state index in [2.05, 4.69) is 54.9 Å². The van der Waals surface area contributed by atoms with Crippen molar-refractivity contribution >= 4 is 39.7 Å². The van der Waals surface area contributed by atoms with Gasteiger partial charge in [0, 0.05) is 54.5 Å². The van der Waals surface area contributed by atoms with Crippen molar-refractivity contribution in [3.8, 4) is 17.2 Å². The molecule has 7 rings (SSSR count). The summed E-state index contributed by atoms with van der Waals surface area (Å²) in [6.07, 6.45) is 7.36. The Balaban J connectivity index is 1.41. The molecule has 1 amide bonds. The first-order valence-electron chi connectivity index (χ1n) is 16.9. The summed E-state index contributed by atoms with van der Waals surface area (Å²) in [5, 5.41) is 16.1. The normalized spacial score (nSPS) is 20.1. The second-order valence-electron chi connectivity index (χ2n) is 14.3. The molecule has 0 bridgehead atoms. The number of aromatic nitrogens is 3. The van der Waals surface area contributed by atoms with Gasteiger partial charge in [-0.3, -0.25) is 14.5 Å². The number of pyridine rings is 1.